The average Bonchev–Trinajstić information content (AvgIpc) is 2.14. The van der Waals surface area contributed by atoms with Crippen LogP contribution in [0.15, 0.2) is 12.7 Å². The van der Waals surface area contributed by atoms with E-state index in [9.17, 15) is 0 Å². The van der Waals surface area contributed by atoms with Crippen LogP contribution in [0.1, 0.15) is 6.42 Å². The van der Waals surface area contributed by atoms with Gasteiger partial charge in [-0.3, -0.25) is 0 Å². The number of hydrogen-bond acceptors (Lipinski definition) is 4. The van der Waals surface area contributed by atoms with Gasteiger partial charge in [-0.15, -0.1) is 6.58 Å². The Morgan fingerprint density at radius 1 is 1.17 bits per heavy atom. The fourth-order valence-electron chi connectivity index (χ4n) is 0.757. The van der Waals surface area contributed by atoms with E-state index in [1.807, 2.05) is 0 Å². The first-order valence-corrected chi connectivity index (χ1v) is 3.93. The van der Waals surface area contributed by atoms with Crippen LogP contribution < -0.4 is 5.32 Å². The summed E-state index contributed by atoms with van der Waals surface area (Å²) in [5, 5.41) is 29.5. The summed E-state index contributed by atoms with van der Waals surface area (Å²) in [4.78, 5) is 0. The van der Waals surface area contributed by atoms with Gasteiger partial charge in [0.1, 0.15) is 0 Å². The molecule has 4 heteroatoms. The maximum atomic E-state index is 8.87. The van der Waals surface area contributed by atoms with Gasteiger partial charge in [0.25, 0.3) is 0 Å². The summed E-state index contributed by atoms with van der Waals surface area (Å²) in [6.07, 6.45) is 2.46. The quantitative estimate of drug-likeness (QED) is 0.292. The normalized spacial score (nSPS) is 11.6. The average molecular weight is 175 g/mol. The van der Waals surface area contributed by atoms with E-state index in [4.69, 9.17) is 15.3 Å². The van der Waals surface area contributed by atoms with Gasteiger partial charge in [0.2, 0.25) is 0 Å². The Morgan fingerprint density at radius 2 is 1.67 bits per heavy atom. The third kappa shape index (κ3) is 3.32. The van der Waals surface area contributed by atoms with Gasteiger partial charge in [-0.1, -0.05) is 6.08 Å². The fourth-order valence-corrected chi connectivity index (χ4v) is 0.757. The van der Waals surface area contributed by atoms with Crippen molar-refractivity contribution in [3.05, 3.63) is 12.7 Å². The Kier molecular flexibility index (Phi) is 5.92. The molecule has 0 aromatic rings. The third-order valence-electron chi connectivity index (χ3n) is 1.76. The number of aliphatic hydroxyl groups excluding tert-OH is 3. The zero-order valence-corrected chi connectivity index (χ0v) is 7.16. The molecule has 0 spiro atoms. The van der Waals surface area contributed by atoms with Crippen LogP contribution in [0.3, 0.4) is 0 Å². The van der Waals surface area contributed by atoms with Crippen molar-refractivity contribution in [1.82, 2.24) is 5.32 Å². The Hall–Kier alpha value is -0.420. The molecule has 0 aliphatic carbocycles. The second kappa shape index (κ2) is 6.14. The van der Waals surface area contributed by atoms with Crippen molar-refractivity contribution in [2.75, 3.05) is 26.4 Å². The summed E-state index contributed by atoms with van der Waals surface area (Å²) in [7, 11) is 0. The highest BCUT2D eigenvalue weighted by molar-refractivity contribution is 4.86. The molecule has 0 bridgehead atoms. The molecule has 0 fully saturated rings. The molecule has 0 aliphatic rings. The molecule has 0 saturated heterocycles. The lowest BCUT2D eigenvalue weighted by Gasteiger charge is -2.28. The van der Waals surface area contributed by atoms with E-state index < -0.39 is 5.54 Å². The zero-order valence-electron chi connectivity index (χ0n) is 7.16. The smallest absolute Gasteiger partial charge is 0.0881 e. The molecule has 0 amide bonds. The Labute approximate surface area is 72.5 Å². The van der Waals surface area contributed by atoms with E-state index in [-0.39, 0.29) is 19.8 Å². The molecule has 0 aromatic heterocycles. The first-order valence-electron chi connectivity index (χ1n) is 3.93. The highest BCUT2D eigenvalue weighted by atomic mass is 16.3. The Morgan fingerprint density at radius 3 is 2.00 bits per heavy atom. The molecular weight excluding hydrogens is 158 g/mol. The van der Waals surface area contributed by atoms with E-state index in [0.29, 0.717) is 6.54 Å². The van der Waals surface area contributed by atoms with Crippen molar-refractivity contribution in [3.8, 4) is 0 Å². The molecular formula is C8H17NO3. The van der Waals surface area contributed by atoms with Crippen molar-refractivity contribution in [2.24, 2.45) is 0 Å². The van der Waals surface area contributed by atoms with Crippen LogP contribution in [-0.4, -0.2) is 47.2 Å². The van der Waals surface area contributed by atoms with Crippen molar-refractivity contribution < 1.29 is 15.3 Å². The van der Waals surface area contributed by atoms with E-state index in [1.54, 1.807) is 6.08 Å². The van der Waals surface area contributed by atoms with E-state index in [1.165, 1.54) is 0 Å². The third-order valence-corrected chi connectivity index (χ3v) is 1.76. The molecule has 0 radical (unpaired) electrons. The number of nitrogens with one attached hydrogen (secondary N) is 1. The van der Waals surface area contributed by atoms with Crippen LogP contribution in [0.2, 0.25) is 0 Å². The molecule has 0 heterocycles. The van der Waals surface area contributed by atoms with Crippen LogP contribution in [-0.2, 0) is 0 Å². The number of rotatable bonds is 7. The lowest BCUT2D eigenvalue weighted by Crippen LogP contribution is -2.55. The maximum absolute atomic E-state index is 8.87. The lowest BCUT2D eigenvalue weighted by atomic mass is 10.0. The van der Waals surface area contributed by atoms with Crippen molar-refractivity contribution in [1.29, 1.82) is 0 Å². The van der Waals surface area contributed by atoms with E-state index >= 15 is 0 Å². The summed E-state index contributed by atoms with van der Waals surface area (Å²) < 4.78 is 0. The van der Waals surface area contributed by atoms with Gasteiger partial charge in [-0.2, -0.15) is 0 Å². The SMILES string of the molecule is C=CCCNC(CO)(CO)CO. The van der Waals surface area contributed by atoms with Crippen molar-refractivity contribution >= 4 is 0 Å². The predicted molar refractivity (Wildman–Crippen MR) is 46.8 cm³/mol. The van der Waals surface area contributed by atoms with Crippen LogP contribution in [0.25, 0.3) is 0 Å². The minimum Gasteiger partial charge on any atom is -0.394 e. The van der Waals surface area contributed by atoms with Gasteiger partial charge in [0, 0.05) is 0 Å². The summed E-state index contributed by atoms with van der Waals surface area (Å²) in [6.45, 7) is 3.28. The van der Waals surface area contributed by atoms with Gasteiger partial charge >= 0.3 is 0 Å². The minimum absolute atomic E-state index is 0.281. The molecule has 4 N–H and O–H groups in total. The van der Waals surface area contributed by atoms with Crippen LogP contribution >= 0.6 is 0 Å². The van der Waals surface area contributed by atoms with E-state index in [0.717, 1.165) is 6.42 Å². The zero-order chi connectivity index (χ0) is 9.45. The van der Waals surface area contributed by atoms with Gasteiger partial charge in [-0.05, 0) is 13.0 Å². The van der Waals surface area contributed by atoms with Crippen molar-refractivity contribution in [3.63, 3.8) is 0 Å². The molecule has 0 saturated carbocycles. The topological polar surface area (TPSA) is 72.7 Å². The van der Waals surface area contributed by atoms with Gasteiger partial charge in [0.15, 0.2) is 0 Å². The monoisotopic (exact) mass is 175 g/mol. The van der Waals surface area contributed by atoms with E-state index in [2.05, 4.69) is 11.9 Å². The second-order valence-electron chi connectivity index (χ2n) is 2.76. The molecule has 0 unspecified atom stereocenters. The standard InChI is InChI=1S/C8H17NO3/c1-2-3-4-9-8(5-10,6-11)7-12/h2,9-12H,1,3-7H2. The molecule has 12 heavy (non-hydrogen) atoms. The summed E-state index contributed by atoms with van der Waals surface area (Å²) in [5.41, 5.74) is -0.955. The van der Waals surface area contributed by atoms with Crippen molar-refractivity contribution in [2.45, 2.75) is 12.0 Å². The molecule has 0 atom stereocenters. The number of aliphatic hydroxyl groups is 3. The first-order chi connectivity index (χ1) is 5.74. The first kappa shape index (κ1) is 11.6. The largest absolute Gasteiger partial charge is 0.394 e. The summed E-state index contributed by atoms with van der Waals surface area (Å²) in [6, 6.07) is 0. The molecule has 0 rings (SSSR count). The molecule has 72 valence electrons. The fraction of sp³-hybridized carbons (Fsp3) is 0.750. The minimum atomic E-state index is -0.955. The predicted octanol–water partition coefficient (Wildman–Crippen LogP) is -1.13. The van der Waals surface area contributed by atoms with Gasteiger partial charge < -0.3 is 20.6 Å². The highest BCUT2D eigenvalue weighted by Gasteiger charge is 2.26. The number of hydrogen-bond donors (Lipinski definition) is 4. The second-order valence-corrected chi connectivity index (χ2v) is 2.76. The molecule has 0 aromatic carbocycles. The molecule has 0 aliphatic heterocycles. The molecule has 4 nitrogen and oxygen atoms in total. The van der Waals surface area contributed by atoms with Gasteiger partial charge in [0.05, 0.1) is 25.4 Å². The van der Waals surface area contributed by atoms with Crippen LogP contribution in [0.5, 0.6) is 0 Å². The lowest BCUT2D eigenvalue weighted by molar-refractivity contribution is 0.0432. The van der Waals surface area contributed by atoms with Crippen LogP contribution in [0.4, 0.5) is 0 Å². The highest BCUT2D eigenvalue weighted by Crippen LogP contribution is 2.00. The maximum Gasteiger partial charge on any atom is 0.0881 e. The van der Waals surface area contributed by atoms with Gasteiger partial charge in [-0.25, -0.2) is 0 Å². The summed E-state index contributed by atoms with van der Waals surface area (Å²) >= 11 is 0. The Bertz CT molecular complexity index is 115. The van der Waals surface area contributed by atoms with Crippen LogP contribution in [0, 0.1) is 0 Å². The Balaban J connectivity index is 3.84. The summed E-state index contributed by atoms with van der Waals surface area (Å²) in [5.74, 6) is 0.